The van der Waals surface area contributed by atoms with Gasteiger partial charge in [-0.2, -0.15) is 4.73 Å². The van der Waals surface area contributed by atoms with Gasteiger partial charge in [-0.3, -0.25) is 9.78 Å². The van der Waals surface area contributed by atoms with Gasteiger partial charge in [0, 0.05) is 21.4 Å². The van der Waals surface area contributed by atoms with Crippen molar-refractivity contribution < 1.29 is 14.3 Å². The number of rotatable bonds is 5. The van der Waals surface area contributed by atoms with Crippen molar-refractivity contribution >= 4 is 44.7 Å². The predicted octanol–water partition coefficient (Wildman–Crippen LogP) is 2.30. The number of benzene rings is 1. The summed E-state index contributed by atoms with van der Waals surface area (Å²) in [6, 6.07) is 6.41. The number of nitrogens with one attached hydrogen (secondary N) is 1. The van der Waals surface area contributed by atoms with Gasteiger partial charge in [0.1, 0.15) is 12.4 Å². The molecule has 0 atom stereocenters. The second-order valence-corrected chi connectivity index (χ2v) is 6.15. The zero-order valence-corrected chi connectivity index (χ0v) is 14.5. The van der Waals surface area contributed by atoms with Crippen LogP contribution < -0.4 is 15.7 Å². The number of aliphatic hydroxyl groups excluding tert-OH is 1. The van der Waals surface area contributed by atoms with E-state index in [0.717, 1.165) is 8.30 Å². The molecule has 24 heavy (non-hydrogen) atoms. The van der Waals surface area contributed by atoms with Gasteiger partial charge in [0.05, 0.1) is 29.6 Å². The van der Waals surface area contributed by atoms with Crippen LogP contribution in [0.5, 0.6) is 0 Å². The molecule has 0 bridgehead atoms. The van der Waals surface area contributed by atoms with E-state index in [0.29, 0.717) is 16.5 Å². The number of pyridine rings is 2. The molecule has 124 valence electrons. The van der Waals surface area contributed by atoms with Gasteiger partial charge in [-0.1, -0.05) is 0 Å². The molecule has 1 aromatic carbocycles. The average molecular weight is 441 g/mol. The van der Waals surface area contributed by atoms with Crippen LogP contribution in [-0.4, -0.2) is 28.0 Å². The van der Waals surface area contributed by atoms with Gasteiger partial charge in [-0.15, -0.1) is 0 Å². The van der Waals surface area contributed by atoms with Crippen molar-refractivity contribution in [3.63, 3.8) is 0 Å². The first-order valence-corrected chi connectivity index (χ1v) is 8.13. The minimum Gasteiger partial charge on any atom is -0.408 e. The molecule has 0 spiro atoms. The number of fused-ring (bicyclic) bond motifs is 1. The summed E-state index contributed by atoms with van der Waals surface area (Å²) in [6.45, 7) is -0.217. The van der Waals surface area contributed by atoms with Crippen molar-refractivity contribution in [2.75, 3.05) is 18.5 Å². The van der Waals surface area contributed by atoms with E-state index in [1.165, 1.54) is 18.5 Å². The number of hydrogen-bond donors (Lipinski definition) is 2. The van der Waals surface area contributed by atoms with Crippen LogP contribution in [0.15, 0.2) is 47.7 Å². The lowest BCUT2D eigenvalue weighted by Crippen LogP contribution is -2.28. The normalized spacial score (nSPS) is 10.8. The Morgan fingerprint density at radius 3 is 2.88 bits per heavy atom. The Labute approximate surface area is 150 Å². The fourth-order valence-corrected chi connectivity index (χ4v) is 2.69. The summed E-state index contributed by atoms with van der Waals surface area (Å²) in [6.07, 6.45) is 4.46. The van der Waals surface area contributed by atoms with E-state index in [4.69, 9.17) is 9.94 Å². The standard InChI is InChI=1S/C16H13FIN3O3/c17-12-7-11(18)1-2-13(12)20-14-9-19-8-10-3-4-21(24-6-5-22)16(23)15(10)14/h1-4,7-9,20,22H,5-6H2. The molecule has 0 saturated carbocycles. The van der Waals surface area contributed by atoms with E-state index in [2.05, 4.69) is 10.3 Å². The Balaban J connectivity index is 2.08. The highest BCUT2D eigenvalue weighted by atomic mass is 127. The summed E-state index contributed by atoms with van der Waals surface area (Å²) in [7, 11) is 0. The quantitative estimate of drug-likeness (QED) is 0.595. The molecule has 0 aliphatic carbocycles. The summed E-state index contributed by atoms with van der Waals surface area (Å²) in [4.78, 5) is 21.8. The van der Waals surface area contributed by atoms with E-state index in [1.807, 2.05) is 22.6 Å². The molecule has 0 amide bonds. The SMILES string of the molecule is O=c1c2c(Nc3ccc(I)cc3F)cncc2ccn1OCCO. The second-order valence-electron chi connectivity index (χ2n) is 4.90. The monoisotopic (exact) mass is 441 g/mol. The molecule has 6 nitrogen and oxygen atoms in total. The Kier molecular flexibility index (Phi) is 4.95. The molecule has 0 aliphatic heterocycles. The van der Waals surface area contributed by atoms with Crippen LogP contribution in [0.25, 0.3) is 10.8 Å². The zero-order chi connectivity index (χ0) is 17.1. The number of hydrogen-bond acceptors (Lipinski definition) is 5. The molecule has 2 N–H and O–H groups in total. The molecule has 3 aromatic rings. The lowest BCUT2D eigenvalue weighted by atomic mass is 10.2. The van der Waals surface area contributed by atoms with E-state index < -0.39 is 11.4 Å². The molecular formula is C16H13FIN3O3. The summed E-state index contributed by atoms with van der Waals surface area (Å²) in [5.41, 5.74) is 0.201. The lowest BCUT2D eigenvalue weighted by Gasteiger charge is -2.12. The van der Waals surface area contributed by atoms with E-state index in [1.54, 1.807) is 24.4 Å². The maximum atomic E-state index is 14.1. The Morgan fingerprint density at radius 2 is 2.12 bits per heavy atom. The van der Waals surface area contributed by atoms with Crippen LogP contribution in [0.2, 0.25) is 0 Å². The molecule has 0 unspecified atom stereocenters. The third-order valence-electron chi connectivity index (χ3n) is 3.30. The number of aliphatic hydroxyl groups is 1. The average Bonchev–Trinajstić information content (AvgIpc) is 2.57. The topological polar surface area (TPSA) is 76.4 Å². The lowest BCUT2D eigenvalue weighted by molar-refractivity contribution is 0.0701. The van der Waals surface area contributed by atoms with Gasteiger partial charge in [0.25, 0.3) is 5.56 Å². The van der Waals surface area contributed by atoms with E-state index in [-0.39, 0.29) is 18.9 Å². The van der Waals surface area contributed by atoms with Gasteiger partial charge in [-0.25, -0.2) is 4.39 Å². The van der Waals surface area contributed by atoms with E-state index in [9.17, 15) is 9.18 Å². The molecular weight excluding hydrogens is 428 g/mol. The Hall–Kier alpha value is -2.20. The van der Waals surface area contributed by atoms with Crippen LogP contribution in [-0.2, 0) is 0 Å². The smallest absolute Gasteiger partial charge is 0.293 e. The highest BCUT2D eigenvalue weighted by Crippen LogP contribution is 2.25. The van der Waals surface area contributed by atoms with Crippen LogP contribution in [0.1, 0.15) is 0 Å². The van der Waals surface area contributed by atoms with Crippen LogP contribution in [0.4, 0.5) is 15.8 Å². The third-order valence-corrected chi connectivity index (χ3v) is 3.97. The molecule has 0 radical (unpaired) electrons. The van der Waals surface area contributed by atoms with Crippen molar-refractivity contribution in [1.29, 1.82) is 0 Å². The molecule has 8 heteroatoms. The van der Waals surface area contributed by atoms with Gasteiger partial charge < -0.3 is 15.3 Å². The highest BCUT2D eigenvalue weighted by Gasteiger charge is 2.11. The van der Waals surface area contributed by atoms with Gasteiger partial charge >= 0.3 is 0 Å². The van der Waals surface area contributed by atoms with Crippen molar-refractivity contribution in [2.24, 2.45) is 0 Å². The summed E-state index contributed by atoms with van der Waals surface area (Å²) in [5.74, 6) is -0.424. The van der Waals surface area contributed by atoms with Crippen LogP contribution in [0.3, 0.4) is 0 Å². The summed E-state index contributed by atoms with van der Waals surface area (Å²) in [5, 5.41) is 12.7. The maximum absolute atomic E-state index is 14.1. The molecule has 2 heterocycles. The first kappa shape index (κ1) is 16.7. The first-order valence-electron chi connectivity index (χ1n) is 7.06. The number of anilines is 2. The zero-order valence-electron chi connectivity index (χ0n) is 12.4. The molecule has 0 aliphatic rings. The third kappa shape index (κ3) is 3.34. The molecule has 0 fully saturated rings. The van der Waals surface area contributed by atoms with E-state index >= 15 is 0 Å². The Morgan fingerprint density at radius 1 is 1.29 bits per heavy atom. The van der Waals surface area contributed by atoms with Crippen LogP contribution in [0, 0.1) is 9.39 Å². The second kappa shape index (κ2) is 7.14. The van der Waals surface area contributed by atoms with Crippen molar-refractivity contribution in [1.82, 2.24) is 9.71 Å². The highest BCUT2D eigenvalue weighted by molar-refractivity contribution is 14.1. The van der Waals surface area contributed by atoms with Gasteiger partial charge in [-0.05, 0) is 46.9 Å². The van der Waals surface area contributed by atoms with Crippen molar-refractivity contribution in [3.8, 4) is 0 Å². The molecule has 0 saturated heterocycles. The first-order chi connectivity index (χ1) is 11.6. The van der Waals surface area contributed by atoms with Crippen LogP contribution >= 0.6 is 22.6 Å². The summed E-state index contributed by atoms with van der Waals surface area (Å²) >= 11 is 2.02. The Bertz CT molecular complexity index is 945. The maximum Gasteiger partial charge on any atom is 0.293 e. The van der Waals surface area contributed by atoms with Crippen molar-refractivity contribution in [3.05, 3.63) is 62.6 Å². The van der Waals surface area contributed by atoms with Gasteiger partial charge in [0.2, 0.25) is 0 Å². The number of nitrogens with zero attached hydrogens (tertiary/aromatic N) is 2. The minimum atomic E-state index is -0.424. The largest absolute Gasteiger partial charge is 0.408 e. The summed E-state index contributed by atoms with van der Waals surface area (Å²) < 4.78 is 15.9. The minimum absolute atomic E-state index is 0.00892. The van der Waals surface area contributed by atoms with Gasteiger partial charge in [0.15, 0.2) is 0 Å². The number of halogens is 2. The van der Waals surface area contributed by atoms with Crippen molar-refractivity contribution in [2.45, 2.75) is 0 Å². The number of aromatic nitrogens is 2. The predicted molar refractivity (Wildman–Crippen MR) is 96.9 cm³/mol. The fourth-order valence-electron chi connectivity index (χ4n) is 2.24. The molecule has 2 aromatic heterocycles. The fraction of sp³-hybridized carbons (Fsp3) is 0.125. The molecule has 3 rings (SSSR count).